The summed E-state index contributed by atoms with van der Waals surface area (Å²) in [4.78, 5) is 12.0. The summed E-state index contributed by atoms with van der Waals surface area (Å²) in [5, 5.41) is 15.0. The third-order valence-corrected chi connectivity index (χ3v) is 5.10. The Balaban J connectivity index is 1.46. The largest absolute Gasteiger partial charge is 0.508 e. The third kappa shape index (κ3) is 4.50. The number of carbonyl (C=O) groups is 1. The first-order valence-electron chi connectivity index (χ1n) is 9.20. The van der Waals surface area contributed by atoms with Gasteiger partial charge in [0.1, 0.15) is 5.75 Å². The van der Waals surface area contributed by atoms with Gasteiger partial charge in [-0.1, -0.05) is 43.5 Å². The molecule has 3 rings (SSSR count). The number of amides is 1. The van der Waals surface area contributed by atoms with Crippen LogP contribution in [0.5, 0.6) is 5.75 Å². The summed E-state index contributed by atoms with van der Waals surface area (Å²) in [7, 11) is 0. The Morgan fingerprint density at radius 1 is 1.12 bits per heavy atom. The van der Waals surface area contributed by atoms with Crippen LogP contribution in [0.4, 0.5) is 0 Å². The number of benzene rings is 2. The molecule has 0 aliphatic heterocycles. The van der Waals surface area contributed by atoms with Gasteiger partial charge in [0.05, 0.1) is 0 Å². The zero-order valence-electron chi connectivity index (χ0n) is 14.3. The van der Waals surface area contributed by atoms with Gasteiger partial charge in [0.25, 0.3) is 0 Å². The highest BCUT2D eigenvalue weighted by molar-refractivity contribution is 5.87. The Labute approximate surface area is 144 Å². The lowest BCUT2D eigenvalue weighted by atomic mass is 9.87. The molecule has 2 aromatic carbocycles. The van der Waals surface area contributed by atoms with Crippen molar-refractivity contribution in [2.75, 3.05) is 6.54 Å². The van der Waals surface area contributed by atoms with Gasteiger partial charge in [-0.2, -0.15) is 0 Å². The van der Waals surface area contributed by atoms with E-state index in [0.717, 1.165) is 30.2 Å². The summed E-state index contributed by atoms with van der Waals surface area (Å²) in [5.74, 6) is 1.10. The minimum absolute atomic E-state index is 0.206. The number of rotatable bonds is 6. The smallest absolute Gasteiger partial charge is 0.220 e. The zero-order chi connectivity index (χ0) is 16.8. The fourth-order valence-corrected chi connectivity index (χ4v) is 3.78. The summed E-state index contributed by atoms with van der Waals surface area (Å²) in [6, 6.07) is 11.7. The highest BCUT2D eigenvalue weighted by Gasteiger charge is 2.16. The maximum absolute atomic E-state index is 12.0. The first kappa shape index (κ1) is 16.8. The molecule has 0 aromatic heterocycles. The molecule has 0 atom stereocenters. The second kappa shape index (κ2) is 8.18. The highest BCUT2D eigenvalue weighted by atomic mass is 16.3. The van der Waals surface area contributed by atoms with Crippen LogP contribution in [-0.2, 0) is 11.2 Å². The molecule has 0 heterocycles. The number of aromatic hydroxyl groups is 1. The van der Waals surface area contributed by atoms with Crippen LogP contribution in [0, 0.1) is 5.92 Å². The molecule has 1 amide bonds. The van der Waals surface area contributed by atoms with E-state index in [1.807, 2.05) is 12.1 Å². The highest BCUT2D eigenvalue weighted by Crippen LogP contribution is 2.26. The lowest BCUT2D eigenvalue weighted by molar-refractivity contribution is -0.122. The molecule has 2 aromatic rings. The zero-order valence-corrected chi connectivity index (χ0v) is 14.3. The number of carbonyl (C=O) groups excluding carboxylic acids is 1. The SMILES string of the molecule is O=C(CC1CCCCC1)NCCCc1cccc2ccc(O)cc12. The molecule has 1 aliphatic carbocycles. The van der Waals surface area contributed by atoms with Crippen molar-refractivity contribution in [1.29, 1.82) is 0 Å². The topological polar surface area (TPSA) is 49.3 Å². The van der Waals surface area contributed by atoms with Crippen LogP contribution in [0.3, 0.4) is 0 Å². The van der Waals surface area contributed by atoms with E-state index in [1.165, 1.54) is 37.7 Å². The van der Waals surface area contributed by atoms with Crippen LogP contribution in [0.1, 0.15) is 50.5 Å². The molecule has 0 saturated heterocycles. The molecule has 1 saturated carbocycles. The second-order valence-electron chi connectivity index (χ2n) is 6.98. The lowest BCUT2D eigenvalue weighted by Gasteiger charge is -2.20. The minimum Gasteiger partial charge on any atom is -0.508 e. The molecule has 24 heavy (non-hydrogen) atoms. The van der Waals surface area contributed by atoms with Gasteiger partial charge in [-0.05, 0) is 60.1 Å². The van der Waals surface area contributed by atoms with Crippen LogP contribution >= 0.6 is 0 Å². The molecular formula is C21H27NO2. The van der Waals surface area contributed by atoms with E-state index in [4.69, 9.17) is 0 Å². The number of aryl methyl sites for hydroxylation is 1. The third-order valence-electron chi connectivity index (χ3n) is 5.10. The Morgan fingerprint density at radius 2 is 1.96 bits per heavy atom. The van der Waals surface area contributed by atoms with Crippen LogP contribution in [0.15, 0.2) is 36.4 Å². The van der Waals surface area contributed by atoms with Crippen LogP contribution < -0.4 is 5.32 Å². The number of hydrogen-bond donors (Lipinski definition) is 2. The number of phenolic OH excluding ortho intramolecular Hbond substituents is 1. The Morgan fingerprint density at radius 3 is 2.79 bits per heavy atom. The van der Waals surface area contributed by atoms with E-state index in [1.54, 1.807) is 6.07 Å². The Bertz CT molecular complexity index is 689. The summed E-state index contributed by atoms with van der Waals surface area (Å²) in [5.41, 5.74) is 1.23. The molecule has 3 heteroatoms. The van der Waals surface area contributed by atoms with Crippen molar-refractivity contribution in [1.82, 2.24) is 5.32 Å². The van der Waals surface area contributed by atoms with Gasteiger partial charge in [-0.15, -0.1) is 0 Å². The predicted molar refractivity (Wildman–Crippen MR) is 98.1 cm³/mol. The maximum Gasteiger partial charge on any atom is 0.220 e. The van der Waals surface area contributed by atoms with E-state index < -0.39 is 0 Å². The number of hydrogen-bond acceptors (Lipinski definition) is 2. The van der Waals surface area contributed by atoms with Crippen LogP contribution in [0.2, 0.25) is 0 Å². The minimum atomic E-state index is 0.206. The van der Waals surface area contributed by atoms with Gasteiger partial charge in [-0.3, -0.25) is 4.79 Å². The van der Waals surface area contributed by atoms with Crippen molar-refractivity contribution in [2.24, 2.45) is 5.92 Å². The first-order valence-corrected chi connectivity index (χ1v) is 9.20. The molecular weight excluding hydrogens is 298 g/mol. The van der Waals surface area contributed by atoms with E-state index in [0.29, 0.717) is 18.1 Å². The summed E-state index contributed by atoms with van der Waals surface area (Å²) in [6.45, 7) is 0.723. The van der Waals surface area contributed by atoms with Gasteiger partial charge in [0, 0.05) is 13.0 Å². The van der Waals surface area contributed by atoms with Crippen molar-refractivity contribution < 1.29 is 9.90 Å². The van der Waals surface area contributed by atoms with Gasteiger partial charge in [0.15, 0.2) is 0 Å². The fraction of sp³-hybridized carbons (Fsp3) is 0.476. The van der Waals surface area contributed by atoms with Crippen molar-refractivity contribution in [3.63, 3.8) is 0 Å². The predicted octanol–water partition coefficient (Wildman–Crippen LogP) is 4.56. The first-order chi connectivity index (χ1) is 11.7. The van der Waals surface area contributed by atoms with Crippen molar-refractivity contribution in [3.05, 3.63) is 42.0 Å². The van der Waals surface area contributed by atoms with Crippen LogP contribution in [0.25, 0.3) is 10.8 Å². The molecule has 1 aliphatic rings. The molecule has 0 unspecified atom stereocenters. The van der Waals surface area contributed by atoms with E-state index in [-0.39, 0.29) is 5.91 Å². The number of phenols is 1. The van der Waals surface area contributed by atoms with Crippen molar-refractivity contribution >= 4 is 16.7 Å². The molecule has 0 bridgehead atoms. The molecule has 2 N–H and O–H groups in total. The Kier molecular flexibility index (Phi) is 5.73. The van der Waals surface area contributed by atoms with Crippen molar-refractivity contribution in [3.8, 4) is 5.75 Å². The average molecular weight is 325 g/mol. The molecule has 0 radical (unpaired) electrons. The summed E-state index contributed by atoms with van der Waals surface area (Å²) in [6.07, 6.45) is 8.86. The van der Waals surface area contributed by atoms with Gasteiger partial charge < -0.3 is 10.4 Å². The maximum atomic E-state index is 12.0. The van der Waals surface area contributed by atoms with E-state index in [2.05, 4.69) is 23.5 Å². The quantitative estimate of drug-likeness (QED) is 0.765. The van der Waals surface area contributed by atoms with E-state index >= 15 is 0 Å². The Hall–Kier alpha value is -2.03. The normalized spacial score (nSPS) is 15.5. The van der Waals surface area contributed by atoms with Gasteiger partial charge in [-0.25, -0.2) is 0 Å². The monoisotopic (exact) mass is 325 g/mol. The molecule has 128 valence electrons. The van der Waals surface area contributed by atoms with E-state index in [9.17, 15) is 9.90 Å². The molecule has 0 spiro atoms. The lowest BCUT2D eigenvalue weighted by Crippen LogP contribution is -2.27. The fourth-order valence-electron chi connectivity index (χ4n) is 3.78. The van der Waals surface area contributed by atoms with Crippen molar-refractivity contribution in [2.45, 2.75) is 51.4 Å². The van der Waals surface area contributed by atoms with Crippen LogP contribution in [-0.4, -0.2) is 17.6 Å². The molecule has 3 nitrogen and oxygen atoms in total. The second-order valence-corrected chi connectivity index (χ2v) is 6.98. The summed E-state index contributed by atoms with van der Waals surface area (Å²) < 4.78 is 0. The van der Waals surface area contributed by atoms with Gasteiger partial charge in [0.2, 0.25) is 5.91 Å². The standard InChI is InChI=1S/C21H27NO2/c23-19-12-11-18-9-4-8-17(20(18)15-19)10-5-13-22-21(24)14-16-6-2-1-3-7-16/h4,8-9,11-12,15-16,23H,1-3,5-7,10,13-14H2,(H,22,24). The molecule has 1 fully saturated rings. The number of nitrogens with one attached hydrogen (secondary N) is 1. The average Bonchev–Trinajstić information content (AvgIpc) is 2.60. The van der Waals surface area contributed by atoms with Gasteiger partial charge >= 0.3 is 0 Å². The summed E-state index contributed by atoms with van der Waals surface area (Å²) >= 11 is 0. The number of fused-ring (bicyclic) bond motifs is 1.